The maximum atomic E-state index is 14.5. The summed E-state index contributed by atoms with van der Waals surface area (Å²) in [5, 5.41) is -0.364. The molecule has 0 radical (unpaired) electrons. The first-order valence-corrected chi connectivity index (χ1v) is 12.3. The van der Waals surface area contributed by atoms with E-state index in [1.165, 1.54) is 11.1 Å². The molecule has 6 heteroatoms. The highest BCUT2D eigenvalue weighted by Gasteiger charge is 2.32. The van der Waals surface area contributed by atoms with Gasteiger partial charge in [-0.15, -0.1) is 0 Å². The summed E-state index contributed by atoms with van der Waals surface area (Å²) in [6.07, 6.45) is 0.175. The van der Waals surface area contributed by atoms with E-state index in [1.807, 2.05) is 43.3 Å². The van der Waals surface area contributed by atoms with Crippen molar-refractivity contribution < 1.29 is 17.5 Å². The average Bonchev–Trinajstić information content (AvgIpc) is 2.70. The molecule has 0 aliphatic carbocycles. The van der Waals surface area contributed by atoms with Gasteiger partial charge in [0.05, 0.1) is 17.1 Å². The number of aryl methyl sites for hydroxylation is 2. The molecular weight excluding hydrogens is 401 g/mol. The van der Waals surface area contributed by atoms with Crippen molar-refractivity contribution in [2.24, 2.45) is 0 Å². The number of alkyl halides is 1. The van der Waals surface area contributed by atoms with Gasteiger partial charge in [-0.25, -0.2) is 12.8 Å². The maximum Gasteiger partial charge on any atom is 0.198 e. The molecular formula is C24H32FNO3S. The van der Waals surface area contributed by atoms with Crippen molar-refractivity contribution >= 4 is 15.5 Å². The van der Waals surface area contributed by atoms with Crippen molar-refractivity contribution in [2.45, 2.75) is 70.0 Å². The highest BCUT2D eigenvalue weighted by molar-refractivity contribution is 7.91. The van der Waals surface area contributed by atoms with E-state index in [0.717, 1.165) is 24.1 Å². The number of anilines is 1. The number of halogens is 1. The minimum absolute atomic E-state index is 0.00479. The van der Waals surface area contributed by atoms with Crippen LogP contribution in [-0.4, -0.2) is 38.7 Å². The summed E-state index contributed by atoms with van der Waals surface area (Å²) in [5.74, 6) is 0.0841. The highest BCUT2D eigenvalue weighted by atomic mass is 32.2. The Morgan fingerprint density at radius 3 is 2.00 bits per heavy atom. The van der Waals surface area contributed by atoms with Gasteiger partial charge in [0.1, 0.15) is 6.10 Å². The molecule has 3 atom stereocenters. The van der Waals surface area contributed by atoms with Gasteiger partial charge in [-0.2, -0.15) is 0 Å². The lowest BCUT2D eigenvalue weighted by Crippen LogP contribution is -2.51. The van der Waals surface area contributed by atoms with Crippen molar-refractivity contribution in [1.29, 1.82) is 0 Å². The van der Waals surface area contributed by atoms with Crippen molar-refractivity contribution in [1.82, 2.24) is 0 Å². The van der Waals surface area contributed by atoms with Crippen LogP contribution in [0.3, 0.4) is 0 Å². The molecule has 1 fully saturated rings. The van der Waals surface area contributed by atoms with Crippen LogP contribution in [0, 0.1) is 0 Å². The van der Waals surface area contributed by atoms with Crippen LogP contribution in [0.4, 0.5) is 10.1 Å². The third-order valence-corrected chi connectivity index (χ3v) is 7.84. The van der Waals surface area contributed by atoms with E-state index in [4.69, 9.17) is 4.74 Å². The second kappa shape index (κ2) is 9.48. The molecule has 2 aromatic carbocycles. The SMILES string of the molecule is CC(C)S(=O)(=O)Cc1ccc(CCc2ccc(N3C[C@H](C)O[C@H](C)C3F)cc2)cc1. The van der Waals surface area contributed by atoms with Crippen molar-refractivity contribution in [2.75, 3.05) is 11.4 Å². The van der Waals surface area contributed by atoms with Gasteiger partial charge < -0.3 is 9.64 Å². The Labute approximate surface area is 180 Å². The molecule has 4 nitrogen and oxygen atoms in total. The topological polar surface area (TPSA) is 46.6 Å². The Kier molecular flexibility index (Phi) is 7.19. The predicted octanol–water partition coefficient (Wildman–Crippen LogP) is 4.70. The summed E-state index contributed by atoms with van der Waals surface area (Å²) < 4.78 is 44.2. The van der Waals surface area contributed by atoms with Gasteiger partial charge in [0.2, 0.25) is 0 Å². The molecule has 0 N–H and O–H groups in total. The summed E-state index contributed by atoms with van der Waals surface area (Å²) in [6.45, 7) is 7.70. The normalized spacial score (nSPS) is 22.5. The third-order valence-electron chi connectivity index (χ3n) is 5.67. The summed E-state index contributed by atoms with van der Waals surface area (Å²) in [7, 11) is -3.08. The average molecular weight is 434 g/mol. The lowest BCUT2D eigenvalue weighted by molar-refractivity contribution is -0.0614. The van der Waals surface area contributed by atoms with Crippen molar-refractivity contribution in [3.05, 3.63) is 65.2 Å². The largest absolute Gasteiger partial charge is 0.369 e. The summed E-state index contributed by atoms with van der Waals surface area (Å²) in [5.41, 5.74) is 4.06. The molecule has 1 aliphatic rings. The van der Waals surface area contributed by atoms with Crippen LogP contribution in [0.15, 0.2) is 48.5 Å². The lowest BCUT2D eigenvalue weighted by Gasteiger charge is -2.39. The maximum absolute atomic E-state index is 14.5. The van der Waals surface area contributed by atoms with Gasteiger partial charge in [-0.05, 0) is 69.4 Å². The second-order valence-electron chi connectivity index (χ2n) is 8.52. The Bertz CT molecular complexity index is 926. The van der Waals surface area contributed by atoms with Gasteiger partial charge in [0, 0.05) is 12.2 Å². The molecule has 3 rings (SSSR count). The quantitative estimate of drug-likeness (QED) is 0.594. The second-order valence-corrected chi connectivity index (χ2v) is 11.1. The van der Waals surface area contributed by atoms with Crippen LogP contribution in [-0.2, 0) is 33.2 Å². The van der Waals surface area contributed by atoms with Gasteiger partial charge in [0.15, 0.2) is 16.1 Å². The zero-order chi connectivity index (χ0) is 21.9. The molecule has 0 amide bonds. The molecule has 1 unspecified atom stereocenters. The van der Waals surface area contributed by atoms with Crippen LogP contribution >= 0.6 is 0 Å². The number of ether oxygens (including phenoxy) is 1. The highest BCUT2D eigenvalue weighted by Crippen LogP contribution is 2.26. The number of benzene rings is 2. The smallest absolute Gasteiger partial charge is 0.198 e. The van der Waals surface area contributed by atoms with E-state index in [9.17, 15) is 12.8 Å². The number of hydrogen-bond donors (Lipinski definition) is 0. The lowest BCUT2D eigenvalue weighted by atomic mass is 10.0. The number of sulfone groups is 1. The first kappa shape index (κ1) is 22.8. The standard InChI is InChI=1S/C24H32FNO3S/c1-17(2)30(27,28)16-22-9-7-20(8-10-22)5-6-21-11-13-23(14-12-21)26-15-18(3)29-19(4)24(26)25/h7-14,17-19,24H,5-6,15-16H2,1-4H3/t18-,19+,24?/m0/s1. The zero-order valence-corrected chi connectivity index (χ0v) is 19.0. The Morgan fingerprint density at radius 1 is 0.967 bits per heavy atom. The van der Waals surface area contributed by atoms with Gasteiger partial charge in [0.25, 0.3) is 0 Å². The van der Waals surface area contributed by atoms with Crippen LogP contribution < -0.4 is 4.90 Å². The molecule has 2 aromatic rings. The van der Waals surface area contributed by atoms with Gasteiger partial charge >= 0.3 is 0 Å². The Morgan fingerprint density at radius 2 is 1.47 bits per heavy atom. The minimum atomic E-state index is -3.08. The fourth-order valence-electron chi connectivity index (χ4n) is 3.70. The van der Waals surface area contributed by atoms with Crippen molar-refractivity contribution in [3.63, 3.8) is 0 Å². The molecule has 0 aromatic heterocycles. The fraction of sp³-hybridized carbons (Fsp3) is 0.500. The molecule has 0 saturated carbocycles. The van der Waals surface area contributed by atoms with Gasteiger partial charge in [-0.1, -0.05) is 36.4 Å². The molecule has 164 valence electrons. The number of rotatable bonds is 7. The Balaban J connectivity index is 1.57. The van der Waals surface area contributed by atoms with Crippen molar-refractivity contribution in [3.8, 4) is 0 Å². The molecule has 0 bridgehead atoms. The monoisotopic (exact) mass is 433 g/mol. The van der Waals surface area contributed by atoms with E-state index >= 15 is 0 Å². The molecule has 0 spiro atoms. The van der Waals surface area contributed by atoms with E-state index in [2.05, 4.69) is 12.1 Å². The summed E-state index contributed by atoms with van der Waals surface area (Å²) in [4.78, 5) is 1.77. The van der Waals surface area contributed by atoms with E-state index in [1.54, 1.807) is 25.7 Å². The summed E-state index contributed by atoms with van der Waals surface area (Å²) in [6, 6.07) is 15.9. The fourth-order valence-corrected chi connectivity index (χ4v) is 4.69. The van der Waals surface area contributed by atoms with E-state index < -0.39 is 22.2 Å². The zero-order valence-electron chi connectivity index (χ0n) is 18.2. The molecule has 1 aliphatic heterocycles. The van der Waals surface area contributed by atoms with Crippen LogP contribution in [0.2, 0.25) is 0 Å². The first-order chi connectivity index (χ1) is 14.2. The first-order valence-electron chi connectivity index (χ1n) is 10.6. The van der Waals surface area contributed by atoms with Gasteiger partial charge in [-0.3, -0.25) is 0 Å². The minimum Gasteiger partial charge on any atom is -0.369 e. The summed E-state index contributed by atoms with van der Waals surface area (Å²) >= 11 is 0. The number of nitrogens with zero attached hydrogens (tertiary/aromatic N) is 1. The molecule has 30 heavy (non-hydrogen) atoms. The Hall–Kier alpha value is -1.92. The number of hydrogen-bond acceptors (Lipinski definition) is 4. The van der Waals surface area contributed by atoms with Crippen LogP contribution in [0.1, 0.15) is 44.4 Å². The third kappa shape index (κ3) is 5.61. The van der Waals surface area contributed by atoms with Crippen LogP contribution in [0.25, 0.3) is 0 Å². The van der Waals surface area contributed by atoms with E-state index in [0.29, 0.717) is 6.54 Å². The molecule has 1 saturated heterocycles. The predicted molar refractivity (Wildman–Crippen MR) is 120 cm³/mol. The van der Waals surface area contributed by atoms with Crippen LogP contribution in [0.5, 0.6) is 0 Å². The number of morpholine rings is 1. The molecule has 1 heterocycles. The van der Waals surface area contributed by atoms with E-state index in [-0.39, 0.29) is 17.1 Å².